The molecule has 0 radical (unpaired) electrons. The molecule has 3 amide bonds. The lowest BCUT2D eigenvalue weighted by molar-refractivity contribution is -0.136. The topological polar surface area (TPSA) is 76.2 Å². The summed E-state index contributed by atoms with van der Waals surface area (Å²) in [7, 11) is 2.12. The van der Waals surface area contributed by atoms with Crippen LogP contribution >= 0.6 is 0 Å². The van der Waals surface area contributed by atoms with E-state index < -0.39 is 0 Å². The van der Waals surface area contributed by atoms with Crippen molar-refractivity contribution in [3.05, 3.63) is 0 Å². The maximum absolute atomic E-state index is 13.3. The minimum absolute atomic E-state index is 0.0375. The molecule has 0 unspecified atom stereocenters. The normalized spacial score (nSPS) is 29.6. The lowest BCUT2D eigenvalue weighted by atomic mass is 9.83. The molecule has 0 aromatic heterocycles. The Bertz CT molecular complexity index is 697. The van der Waals surface area contributed by atoms with Gasteiger partial charge < -0.3 is 20.0 Å². The summed E-state index contributed by atoms with van der Waals surface area (Å²) in [5.74, 6) is 0.943. The zero-order chi connectivity index (χ0) is 23.0. The highest BCUT2D eigenvalue weighted by molar-refractivity contribution is 5.92. The summed E-state index contributed by atoms with van der Waals surface area (Å²) in [6.07, 6.45) is 4.75. The Kier molecular flexibility index (Phi) is 6.82. The van der Waals surface area contributed by atoms with Crippen molar-refractivity contribution in [2.75, 3.05) is 46.3 Å². The first-order valence-corrected chi connectivity index (χ1v) is 12.5. The van der Waals surface area contributed by atoms with E-state index in [1.165, 1.54) is 0 Å². The van der Waals surface area contributed by atoms with Crippen LogP contribution in [-0.2, 0) is 14.4 Å². The standard InChI is InChI=1S/C24H41N5O3/c1-17(2)15-27-11-7-24(8-12-27)14-22(31)29-16-20(13-21(29)23(32)25-24)26(4)19-5-9-28(10-6-19)18(3)30/h17,19-21H,5-16H2,1-4H3,(H,25,32)/t20-,21-/m0/s1. The second-order valence-electron chi connectivity index (χ2n) is 11.0. The van der Waals surface area contributed by atoms with Crippen molar-refractivity contribution in [3.8, 4) is 0 Å². The molecule has 2 atom stereocenters. The summed E-state index contributed by atoms with van der Waals surface area (Å²) in [4.78, 5) is 46.8. The molecule has 1 N–H and O–H groups in total. The molecule has 0 aromatic carbocycles. The Morgan fingerprint density at radius 2 is 1.78 bits per heavy atom. The molecule has 4 aliphatic rings. The molecule has 32 heavy (non-hydrogen) atoms. The molecular weight excluding hydrogens is 406 g/mol. The van der Waals surface area contributed by atoms with Crippen LogP contribution in [0.4, 0.5) is 0 Å². The van der Waals surface area contributed by atoms with Crippen molar-refractivity contribution < 1.29 is 14.4 Å². The van der Waals surface area contributed by atoms with Crippen molar-refractivity contribution in [2.24, 2.45) is 5.92 Å². The van der Waals surface area contributed by atoms with Crippen LogP contribution in [0.25, 0.3) is 0 Å². The van der Waals surface area contributed by atoms with Gasteiger partial charge in [-0.25, -0.2) is 0 Å². The van der Waals surface area contributed by atoms with E-state index in [9.17, 15) is 14.4 Å². The largest absolute Gasteiger partial charge is 0.348 e. The van der Waals surface area contributed by atoms with Gasteiger partial charge in [0.2, 0.25) is 17.7 Å². The summed E-state index contributed by atoms with van der Waals surface area (Å²) in [6.45, 7) is 11.3. The maximum Gasteiger partial charge on any atom is 0.243 e. The summed E-state index contributed by atoms with van der Waals surface area (Å²) in [6, 6.07) is 0.250. The van der Waals surface area contributed by atoms with Gasteiger partial charge >= 0.3 is 0 Å². The first-order valence-electron chi connectivity index (χ1n) is 12.5. The number of piperidine rings is 2. The van der Waals surface area contributed by atoms with Crippen LogP contribution < -0.4 is 5.32 Å². The minimum Gasteiger partial charge on any atom is -0.348 e. The molecular formula is C24H41N5O3. The van der Waals surface area contributed by atoms with E-state index >= 15 is 0 Å². The number of nitrogens with one attached hydrogen (secondary N) is 1. The Labute approximate surface area is 192 Å². The lowest BCUT2D eigenvalue weighted by Crippen LogP contribution is -2.56. The fraction of sp³-hybridized carbons (Fsp3) is 0.875. The van der Waals surface area contributed by atoms with Crippen LogP contribution in [-0.4, -0.2) is 107 Å². The predicted molar refractivity (Wildman–Crippen MR) is 123 cm³/mol. The Balaban J connectivity index is 1.36. The van der Waals surface area contributed by atoms with Gasteiger partial charge in [-0.2, -0.15) is 0 Å². The van der Waals surface area contributed by atoms with Crippen LogP contribution in [0.2, 0.25) is 0 Å². The Morgan fingerprint density at radius 3 is 2.38 bits per heavy atom. The van der Waals surface area contributed by atoms with E-state index in [-0.39, 0.29) is 35.3 Å². The molecule has 8 nitrogen and oxygen atoms in total. The number of carbonyl (C=O) groups excluding carboxylic acids is 3. The van der Waals surface area contributed by atoms with Crippen molar-refractivity contribution in [3.63, 3.8) is 0 Å². The van der Waals surface area contributed by atoms with E-state index in [1.807, 2.05) is 9.80 Å². The van der Waals surface area contributed by atoms with Crippen LogP contribution in [0.3, 0.4) is 0 Å². The maximum atomic E-state index is 13.3. The van der Waals surface area contributed by atoms with Gasteiger partial charge in [-0.05, 0) is 45.1 Å². The van der Waals surface area contributed by atoms with E-state index in [0.717, 1.165) is 58.4 Å². The van der Waals surface area contributed by atoms with Crippen molar-refractivity contribution in [2.45, 2.75) is 83.0 Å². The summed E-state index contributed by atoms with van der Waals surface area (Å²) in [5, 5.41) is 3.34. The number of fused-ring (bicyclic) bond motifs is 1. The Morgan fingerprint density at radius 1 is 1.12 bits per heavy atom. The molecule has 0 aliphatic carbocycles. The summed E-state index contributed by atoms with van der Waals surface area (Å²) in [5.41, 5.74) is -0.368. The number of hydrogen-bond acceptors (Lipinski definition) is 5. The zero-order valence-electron chi connectivity index (χ0n) is 20.3. The molecule has 4 rings (SSSR count). The van der Waals surface area contributed by atoms with Gasteiger partial charge in [0.1, 0.15) is 6.04 Å². The van der Waals surface area contributed by atoms with Gasteiger partial charge in [-0.3, -0.25) is 19.3 Å². The molecule has 1 spiro atoms. The van der Waals surface area contributed by atoms with Crippen LogP contribution in [0.5, 0.6) is 0 Å². The highest BCUT2D eigenvalue weighted by Gasteiger charge is 2.49. The van der Waals surface area contributed by atoms with Crippen LogP contribution in [0.15, 0.2) is 0 Å². The molecule has 0 aromatic rings. The highest BCUT2D eigenvalue weighted by Crippen LogP contribution is 2.34. The third-order valence-corrected chi connectivity index (χ3v) is 8.28. The third-order valence-electron chi connectivity index (χ3n) is 8.28. The minimum atomic E-state index is -0.368. The van der Waals surface area contributed by atoms with Gasteiger partial charge in [0, 0.05) is 58.3 Å². The van der Waals surface area contributed by atoms with E-state index in [1.54, 1.807) is 6.92 Å². The van der Waals surface area contributed by atoms with Crippen LogP contribution in [0, 0.1) is 5.92 Å². The smallest absolute Gasteiger partial charge is 0.243 e. The number of hydrogen-bond donors (Lipinski definition) is 1. The molecule has 8 heteroatoms. The number of rotatable bonds is 4. The molecule has 0 bridgehead atoms. The summed E-state index contributed by atoms with van der Waals surface area (Å²) < 4.78 is 0. The lowest BCUT2D eigenvalue weighted by Gasteiger charge is -2.42. The summed E-state index contributed by atoms with van der Waals surface area (Å²) >= 11 is 0. The highest BCUT2D eigenvalue weighted by atomic mass is 16.2. The third kappa shape index (κ3) is 4.81. The quantitative estimate of drug-likeness (QED) is 0.693. The number of carbonyl (C=O) groups is 3. The number of likely N-dealkylation sites (tertiary alicyclic amines) is 2. The van der Waals surface area contributed by atoms with E-state index in [4.69, 9.17) is 0 Å². The van der Waals surface area contributed by atoms with Crippen molar-refractivity contribution in [1.29, 1.82) is 0 Å². The molecule has 4 aliphatic heterocycles. The average molecular weight is 448 g/mol. The number of amides is 3. The van der Waals surface area contributed by atoms with Gasteiger partial charge in [0.05, 0.1) is 12.0 Å². The average Bonchev–Trinajstić information content (AvgIpc) is 3.17. The SMILES string of the molecule is CC(=O)N1CCC(N(C)[C@H]2C[C@H]3C(=O)NC4(CCN(CC(C)C)CC4)CC(=O)N3C2)CC1. The fourth-order valence-electron chi connectivity index (χ4n) is 6.28. The molecule has 4 heterocycles. The number of likely N-dealkylation sites (N-methyl/N-ethyl adjacent to an activating group) is 1. The van der Waals surface area contributed by atoms with E-state index in [0.29, 0.717) is 31.3 Å². The second-order valence-corrected chi connectivity index (χ2v) is 11.0. The zero-order valence-corrected chi connectivity index (χ0v) is 20.3. The van der Waals surface area contributed by atoms with Gasteiger partial charge in [-0.1, -0.05) is 13.8 Å². The van der Waals surface area contributed by atoms with Crippen LogP contribution in [0.1, 0.15) is 59.3 Å². The first kappa shape index (κ1) is 23.5. The van der Waals surface area contributed by atoms with Gasteiger partial charge in [-0.15, -0.1) is 0 Å². The monoisotopic (exact) mass is 447 g/mol. The van der Waals surface area contributed by atoms with Crippen molar-refractivity contribution in [1.82, 2.24) is 24.9 Å². The second kappa shape index (κ2) is 9.29. The molecule has 4 saturated heterocycles. The van der Waals surface area contributed by atoms with E-state index in [2.05, 4.69) is 36.0 Å². The Hall–Kier alpha value is -1.67. The van der Waals surface area contributed by atoms with Gasteiger partial charge in [0.25, 0.3) is 0 Å². The molecule has 4 fully saturated rings. The fourth-order valence-corrected chi connectivity index (χ4v) is 6.28. The first-order chi connectivity index (χ1) is 15.2. The number of nitrogens with zero attached hydrogens (tertiary/aromatic N) is 4. The predicted octanol–water partition coefficient (Wildman–Crippen LogP) is 0.909. The molecule has 180 valence electrons. The van der Waals surface area contributed by atoms with Crippen molar-refractivity contribution >= 4 is 17.7 Å². The van der Waals surface area contributed by atoms with Gasteiger partial charge in [0.15, 0.2) is 0 Å². The molecule has 0 saturated carbocycles.